The van der Waals surface area contributed by atoms with Crippen LogP contribution in [0.4, 0.5) is 5.69 Å². The number of anilines is 1. The lowest BCUT2D eigenvalue weighted by atomic mass is 9.86. The largest absolute Gasteiger partial charge is 0.497 e. The molecule has 0 aliphatic carbocycles. The van der Waals surface area contributed by atoms with Crippen LogP contribution >= 0.6 is 12.2 Å². The first-order valence-corrected chi connectivity index (χ1v) is 10.3. The van der Waals surface area contributed by atoms with E-state index in [1.54, 1.807) is 14.2 Å². The predicted molar refractivity (Wildman–Crippen MR) is 119 cm³/mol. The number of hydroxylamine groups is 2. The van der Waals surface area contributed by atoms with Crippen molar-refractivity contribution in [2.45, 2.75) is 24.9 Å². The molecule has 30 heavy (non-hydrogen) atoms. The lowest BCUT2D eigenvalue weighted by molar-refractivity contribution is -0.143. The molecule has 2 aromatic rings. The van der Waals surface area contributed by atoms with E-state index in [0.717, 1.165) is 42.0 Å². The Morgan fingerprint density at radius 3 is 2.67 bits per heavy atom. The van der Waals surface area contributed by atoms with Gasteiger partial charge < -0.3 is 24.5 Å². The highest BCUT2D eigenvalue weighted by Crippen LogP contribution is 2.36. The number of hydrogen-bond acceptors (Lipinski definition) is 7. The Hall–Kier alpha value is -2.84. The average molecular weight is 428 g/mol. The summed E-state index contributed by atoms with van der Waals surface area (Å²) in [6.07, 6.45) is 2.39. The molecule has 8 heteroatoms. The first-order valence-electron chi connectivity index (χ1n) is 9.87. The number of methoxy groups -OCH3 is 2. The van der Waals surface area contributed by atoms with E-state index in [9.17, 15) is 0 Å². The number of thiocarbonyl (C=S) groups is 1. The molecule has 0 atom stereocenters. The van der Waals surface area contributed by atoms with E-state index in [4.69, 9.17) is 31.4 Å². The summed E-state index contributed by atoms with van der Waals surface area (Å²) < 4.78 is 10.6. The molecule has 4 rings (SSSR count). The third-order valence-corrected chi connectivity index (χ3v) is 5.61. The zero-order valence-electron chi connectivity index (χ0n) is 17.1. The molecule has 0 bridgehead atoms. The molecule has 0 unspecified atom stereocenters. The lowest BCUT2D eigenvalue weighted by Crippen LogP contribution is -2.45. The van der Waals surface area contributed by atoms with Crippen molar-refractivity contribution in [3.63, 3.8) is 0 Å². The van der Waals surface area contributed by atoms with Gasteiger partial charge in [0, 0.05) is 37.9 Å². The number of nitrogens with one attached hydrogen (secondary N) is 1. The molecule has 0 saturated carbocycles. The van der Waals surface area contributed by atoms with Gasteiger partial charge in [-0.15, -0.1) is 5.06 Å². The van der Waals surface area contributed by atoms with Gasteiger partial charge in [0.25, 0.3) is 5.17 Å². The summed E-state index contributed by atoms with van der Waals surface area (Å²) in [6.45, 7) is 1.41. The molecule has 2 aromatic carbocycles. The fourth-order valence-electron chi connectivity index (χ4n) is 3.73. The minimum atomic E-state index is -0.282. The van der Waals surface area contributed by atoms with Gasteiger partial charge >= 0.3 is 0 Å². The van der Waals surface area contributed by atoms with Crippen molar-refractivity contribution in [2.24, 2.45) is 5.16 Å². The Morgan fingerprint density at radius 2 is 1.90 bits per heavy atom. The van der Waals surface area contributed by atoms with Crippen LogP contribution in [0, 0.1) is 0 Å². The molecule has 1 N–H and O–H groups in total. The van der Waals surface area contributed by atoms with Crippen molar-refractivity contribution >= 4 is 28.8 Å². The van der Waals surface area contributed by atoms with Crippen molar-refractivity contribution in [3.8, 4) is 11.5 Å². The maximum atomic E-state index is 5.90. The van der Waals surface area contributed by atoms with Crippen molar-refractivity contribution < 1.29 is 19.1 Å². The van der Waals surface area contributed by atoms with E-state index in [1.807, 2.05) is 53.6 Å². The fourth-order valence-corrected chi connectivity index (χ4v) is 3.95. The molecular weight excluding hydrogens is 402 g/mol. The molecule has 0 radical (unpaired) electrons. The van der Waals surface area contributed by atoms with E-state index >= 15 is 0 Å². The Bertz CT molecular complexity index is 941. The zero-order valence-corrected chi connectivity index (χ0v) is 17.9. The van der Waals surface area contributed by atoms with Crippen LogP contribution < -0.4 is 14.8 Å². The quantitative estimate of drug-likeness (QED) is 0.724. The number of para-hydroxylation sites is 2. The van der Waals surface area contributed by atoms with Crippen LogP contribution in [0.5, 0.6) is 11.5 Å². The monoisotopic (exact) mass is 427 g/mol. The van der Waals surface area contributed by atoms with Crippen LogP contribution in [0.3, 0.4) is 0 Å². The first kappa shape index (κ1) is 20.4. The van der Waals surface area contributed by atoms with E-state index in [1.165, 1.54) is 0 Å². The highest BCUT2D eigenvalue weighted by molar-refractivity contribution is 7.80. The number of benzene rings is 2. The summed E-state index contributed by atoms with van der Waals surface area (Å²) in [4.78, 5) is 11.7. The Kier molecular flexibility index (Phi) is 6.06. The predicted octanol–water partition coefficient (Wildman–Crippen LogP) is 3.99. The SMILES string of the molecule is COc1cccc(C2=NOC3(CCN(OC(=S)Nc4ccccc4OC)CC3)C2)c1. The first-order chi connectivity index (χ1) is 14.6. The Balaban J connectivity index is 1.29. The standard InChI is InChI=1S/C22H25N3O4S/c1-26-17-7-5-6-16(14-17)19-15-22(29-24-19)10-12-25(13-11-22)28-21(30)23-18-8-3-4-9-20(18)27-2/h3-9,14H,10-13,15H2,1-2H3,(H,23,30). The average Bonchev–Trinajstić information content (AvgIpc) is 3.19. The lowest BCUT2D eigenvalue weighted by Gasteiger charge is -2.36. The van der Waals surface area contributed by atoms with Crippen LogP contribution in [0.1, 0.15) is 24.8 Å². The summed E-state index contributed by atoms with van der Waals surface area (Å²) in [5, 5.41) is 9.61. The number of hydrogen-bond donors (Lipinski definition) is 1. The van der Waals surface area contributed by atoms with Crippen LogP contribution in [0.15, 0.2) is 53.7 Å². The fraction of sp³-hybridized carbons (Fsp3) is 0.364. The minimum Gasteiger partial charge on any atom is -0.497 e. The van der Waals surface area contributed by atoms with Crippen molar-refractivity contribution in [1.29, 1.82) is 0 Å². The summed E-state index contributed by atoms with van der Waals surface area (Å²) in [5.74, 6) is 1.53. The molecule has 0 aromatic heterocycles. The van der Waals surface area contributed by atoms with E-state index < -0.39 is 0 Å². The van der Waals surface area contributed by atoms with Crippen LogP contribution in [0.25, 0.3) is 0 Å². The molecule has 1 spiro atoms. The second kappa shape index (κ2) is 8.89. The van der Waals surface area contributed by atoms with Crippen LogP contribution in [-0.2, 0) is 9.68 Å². The highest BCUT2D eigenvalue weighted by Gasteiger charge is 2.43. The van der Waals surface area contributed by atoms with Crippen LogP contribution in [-0.4, -0.2) is 48.9 Å². The maximum absolute atomic E-state index is 5.90. The molecule has 158 valence electrons. The van der Waals surface area contributed by atoms with Crippen molar-refractivity contribution in [1.82, 2.24) is 5.06 Å². The van der Waals surface area contributed by atoms with E-state index in [0.29, 0.717) is 18.8 Å². The Labute approximate surface area is 181 Å². The summed E-state index contributed by atoms with van der Waals surface area (Å²) in [7, 11) is 3.29. The van der Waals surface area contributed by atoms with Gasteiger partial charge in [0.1, 0.15) is 17.1 Å². The maximum Gasteiger partial charge on any atom is 0.283 e. The summed E-state index contributed by atoms with van der Waals surface area (Å²) >= 11 is 5.36. The van der Waals surface area contributed by atoms with Gasteiger partial charge in [-0.05, 0) is 36.5 Å². The third-order valence-electron chi connectivity index (χ3n) is 5.43. The Morgan fingerprint density at radius 1 is 1.10 bits per heavy atom. The van der Waals surface area contributed by atoms with E-state index in [-0.39, 0.29) is 10.8 Å². The van der Waals surface area contributed by atoms with Gasteiger partial charge in [-0.2, -0.15) is 0 Å². The minimum absolute atomic E-state index is 0.282. The molecule has 1 saturated heterocycles. The molecular formula is C22H25N3O4S. The number of rotatable bonds is 5. The number of piperidine rings is 1. The molecule has 2 heterocycles. The van der Waals surface area contributed by atoms with Gasteiger partial charge in [-0.1, -0.05) is 29.4 Å². The third kappa shape index (κ3) is 4.49. The summed E-state index contributed by atoms with van der Waals surface area (Å²) in [6, 6.07) is 15.5. The summed E-state index contributed by atoms with van der Waals surface area (Å²) in [5.41, 5.74) is 2.48. The zero-order chi connectivity index (χ0) is 21.0. The van der Waals surface area contributed by atoms with Crippen molar-refractivity contribution in [3.05, 3.63) is 54.1 Å². The van der Waals surface area contributed by atoms with Gasteiger partial charge in [0.15, 0.2) is 0 Å². The second-order valence-corrected chi connectivity index (χ2v) is 7.72. The molecule has 0 amide bonds. The molecule has 1 fully saturated rings. The number of ether oxygens (including phenoxy) is 2. The topological polar surface area (TPSA) is 64.6 Å². The normalized spacial score (nSPS) is 17.7. The molecule has 7 nitrogen and oxygen atoms in total. The highest BCUT2D eigenvalue weighted by atomic mass is 32.1. The van der Waals surface area contributed by atoms with Crippen LogP contribution in [0.2, 0.25) is 0 Å². The van der Waals surface area contributed by atoms with Crippen molar-refractivity contribution in [2.75, 3.05) is 32.6 Å². The van der Waals surface area contributed by atoms with Gasteiger partial charge in [0.2, 0.25) is 0 Å². The van der Waals surface area contributed by atoms with Gasteiger partial charge in [-0.25, -0.2) is 0 Å². The number of oxime groups is 1. The van der Waals surface area contributed by atoms with Gasteiger partial charge in [0.05, 0.1) is 25.6 Å². The van der Waals surface area contributed by atoms with Gasteiger partial charge in [-0.3, -0.25) is 0 Å². The molecule has 2 aliphatic heterocycles. The van der Waals surface area contributed by atoms with E-state index in [2.05, 4.69) is 10.5 Å². The molecule has 2 aliphatic rings. The number of nitrogens with zero attached hydrogens (tertiary/aromatic N) is 2. The smallest absolute Gasteiger partial charge is 0.283 e. The second-order valence-electron chi connectivity index (χ2n) is 7.35.